The van der Waals surface area contributed by atoms with Crippen LogP contribution in [0.3, 0.4) is 0 Å². The Hall–Kier alpha value is -1.99. The van der Waals surface area contributed by atoms with E-state index in [1.165, 1.54) is 6.92 Å². The number of halogens is 3. The minimum atomic E-state index is -4.49. The van der Waals surface area contributed by atoms with Crippen LogP contribution in [-0.4, -0.2) is 24.1 Å². The van der Waals surface area contributed by atoms with Gasteiger partial charge >= 0.3 is 6.18 Å². The van der Waals surface area contributed by atoms with Crippen molar-refractivity contribution in [3.8, 4) is 5.88 Å². The molecule has 0 amide bonds. The number of ether oxygens (including phenoxy) is 2. The molecule has 0 unspecified atom stereocenters. The van der Waals surface area contributed by atoms with Gasteiger partial charge in [-0.25, -0.2) is 4.98 Å². The quantitative estimate of drug-likeness (QED) is 0.495. The fraction of sp³-hybridized carbons (Fsp3) is 0.400. The zero-order valence-electron chi connectivity index (χ0n) is 9.54. The number of nitrogens with one attached hydrogen (secondary N) is 1. The van der Waals surface area contributed by atoms with Crippen LogP contribution in [0, 0.1) is 5.41 Å². The Kier molecular flexibility index (Phi) is 4.35. The van der Waals surface area contributed by atoms with Crippen LogP contribution in [0.2, 0.25) is 0 Å². The SMILES string of the molecule is CC(=N)OCCOc1ncc(C(F)(F)F)cc1N. The first-order chi connectivity index (χ1) is 8.30. The normalized spacial score (nSPS) is 11.1. The topological polar surface area (TPSA) is 81.2 Å². The Labute approximate surface area is 101 Å². The molecule has 0 radical (unpaired) electrons. The summed E-state index contributed by atoms with van der Waals surface area (Å²) in [6.07, 6.45) is -3.84. The summed E-state index contributed by atoms with van der Waals surface area (Å²) < 4.78 is 46.8. The van der Waals surface area contributed by atoms with Crippen LogP contribution in [0.15, 0.2) is 12.3 Å². The van der Waals surface area contributed by atoms with Crippen molar-refractivity contribution in [2.75, 3.05) is 18.9 Å². The highest BCUT2D eigenvalue weighted by Gasteiger charge is 2.31. The van der Waals surface area contributed by atoms with Gasteiger partial charge in [0.15, 0.2) is 5.90 Å². The zero-order valence-corrected chi connectivity index (χ0v) is 9.54. The van der Waals surface area contributed by atoms with Gasteiger partial charge in [0.2, 0.25) is 5.88 Å². The molecule has 18 heavy (non-hydrogen) atoms. The molecule has 3 N–H and O–H groups in total. The molecule has 1 aromatic rings. The molecule has 0 fully saturated rings. The number of nitrogens with zero attached hydrogens (tertiary/aromatic N) is 1. The van der Waals surface area contributed by atoms with E-state index in [2.05, 4.69) is 4.98 Å². The Balaban J connectivity index is 2.60. The van der Waals surface area contributed by atoms with Gasteiger partial charge in [0.1, 0.15) is 13.2 Å². The second kappa shape index (κ2) is 5.56. The number of rotatable bonds is 4. The third-order valence-electron chi connectivity index (χ3n) is 1.85. The van der Waals surface area contributed by atoms with Crippen LogP contribution in [0.25, 0.3) is 0 Å². The average Bonchev–Trinajstić information content (AvgIpc) is 2.24. The van der Waals surface area contributed by atoms with E-state index in [0.717, 1.165) is 6.07 Å². The molecule has 0 spiro atoms. The van der Waals surface area contributed by atoms with Gasteiger partial charge < -0.3 is 15.2 Å². The molecule has 1 heterocycles. The van der Waals surface area contributed by atoms with E-state index in [-0.39, 0.29) is 30.7 Å². The number of nitrogens with two attached hydrogens (primary N) is 1. The van der Waals surface area contributed by atoms with Gasteiger partial charge in [0.25, 0.3) is 0 Å². The molecule has 0 aromatic carbocycles. The molecule has 0 atom stereocenters. The third-order valence-corrected chi connectivity index (χ3v) is 1.85. The van der Waals surface area contributed by atoms with E-state index < -0.39 is 11.7 Å². The highest BCUT2D eigenvalue weighted by Crippen LogP contribution is 2.31. The molecule has 0 aliphatic carbocycles. The van der Waals surface area contributed by atoms with Crippen LogP contribution in [0.5, 0.6) is 5.88 Å². The standard InChI is InChI=1S/C10H12F3N3O2/c1-6(14)17-2-3-18-9-8(15)4-7(5-16-9)10(11,12)13/h4-5,14H,2-3,15H2,1H3. The van der Waals surface area contributed by atoms with Crippen molar-refractivity contribution in [1.82, 2.24) is 4.98 Å². The van der Waals surface area contributed by atoms with Crippen molar-refractivity contribution in [3.05, 3.63) is 17.8 Å². The first-order valence-corrected chi connectivity index (χ1v) is 4.94. The maximum Gasteiger partial charge on any atom is 0.417 e. The smallest absolute Gasteiger partial charge is 0.417 e. The van der Waals surface area contributed by atoms with E-state index in [9.17, 15) is 13.2 Å². The summed E-state index contributed by atoms with van der Waals surface area (Å²) in [6, 6.07) is 0.755. The van der Waals surface area contributed by atoms with E-state index in [1.807, 2.05) is 0 Å². The number of hydrogen-bond donors (Lipinski definition) is 2. The van der Waals surface area contributed by atoms with E-state index in [1.54, 1.807) is 0 Å². The zero-order chi connectivity index (χ0) is 13.8. The summed E-state index contributed by atoms with van der Waals surface area (Å²) in [5.41, 5.74) is 4.26. The van der Waals surface area contributed by atoms with Crippen molar-refractivity contribution in [2.45, 2.75) is 13.1 Å². The molecule has 0 saturated heterocycles. The summed E-state index contributed by atoms with van der Waals surface area (Å²) in [5.74, 6) is -0.0683. The van der Waals surface area contributed by atoms with Crippen LogP contribution in [-0.2, 0) is 10.9 Å². The summed E-state index contributed by atoms with van der Waals surface area (Å²) in [4.78, 5) is 3.48. The lowest BCUT2D eigenvalue weighted by Gasteiger charge is -2.11. The molecular weight excluding hydrogens is 251 g/mol. The Bertz CT molecular complexity index is 435. The summed E-state index contributed by atoms with van der Waals surface area (Å²) in [5, 5.41) is 6.97. The van der Waals surface area contributed by atoms with Crippen LogP contribution < -0.4 is 10.5 Å². The molecule has 0 bridgehead atoms. The molecule has 8 heteroatoms. The average molecular weight is 263 g/mol. The molecule has 0 saturated carbocycles. The molecule has 1 aromatic heterocycles. The van der Waals surface area contributed by atoms with E-state index in [4.69, 9.17) is 20.6 Å². The van der Waals surface area contributed by atoms with Gasteiger partial charge in [-0.3, -0.25) is 5.41 Å². The number of anilines is 1. The highest BCUT2D eigenvalue weighted by molar-refractivity contribution is 5.69. The second-order valence-corrected chi connectivity index (χ2v) is 3.37. The number of hydrogen-bond acceptors (Lipinski definition) is 5. The lowest BCUT2D eigenvalue weighted by atomic mass is 10.2. The predicted molar refractivity (Wildman–Crippen MR) is 58.5 cm³/mol. The van der Waals surface area contributed by atoms with Gasteiger partial charge in [0, 0.05) is 13.1 Å². The number of aromatic nitrogens is 1. The summed E-state index contributed by atoms with van der Waals surface area (Å²) >= 11 is 0. The summed E-state index contributed by atoms with van der Waals surface area (Å²) in [7, 11) is 0. The van der Waals surface area contributed by atoms with Gasteiger partial charge in [-0.05, 0) is 6.07 Å². The second-order valence-electron chi connectivity index (χ2n) is 3.37. The molecule has 1 rings (SSSR count). The molecule has 100 valence electrons. The van der Waals surface area contributed by atoms with Crippen LogP contribution >= 0.6 is 0 Å². The predicted octanol–water partition coefficient (Wildman–Crippen LogP) is 2.08. The number of nitrogen functional groups attached to an aromatic ring is 1. The Morgan fingerprint density at radius 1 is 1.44 bits per heavy atom. The lowest BCUT2D eigenvalue weighted by Crippen LogP contribution is -2.12. The minimum absolute atomic E-state index is 0.0203. The van der Waals surface area contributed by atoms with E-state index >= 15 is 0 Å². The third kappa shape index (κ3) is 4.11. The fourth-order valence-corrected chi connectivity index (χ4v) is 1.08. The van der Waals surface area contributed by atoms with Crippen molar-refractivity contribution in [1.29, 1.82) is 5.41 Å². The number of pyridine rings is 1. The lowest BCUT2D eigenvalue weighted by molar-refractivity contribution is -0.137. The van der Waals surface area contributed by atoms with Gasteiger partial charge in [-0.15, -0.1) is 0 Å². The maximum atomic E-state index is 12.3. The monoisotopic (exact) mass is 263 g/mol. The Morgan fingerprint density at radius 3 is 2.61 bits per heavy atom. The summed E-state index contributed by atoms with van der Waals surface area (Å²) in [6.45, 7) is 1.58. The molecule has 0 aliphatic heterocycles. The van der Waals surface area contributed by atoms with E-state index in [0.29, 0.717) is 6.20 Å². The first kappa shape index (κ1) is 14.1. The van der Waals surface area contributed by atoms with Crippen molar-refractivity contribution < 1.29 is 22.6 Å². The Morgan fingerprint density at radius 2 is 2.11 bits per heavy atom. The van der Waals surface area contributed by atoms with Gasteiger partial charge in [0.05, 0.1) is 11.3 Å². The van der Waals surface area contributed by atoms with Crippen LogP contribution in [0.4, 0.5) is 18.9 Å². The minimum Gasteiger partial charge on any atom is -0.478 e. The van der Waals surface area contributed by atoms with Gasteiger partial charge in [-0.1, -0.05) is 0 Å². The maximum absolute atomic E-state index is 12.3. The molecular formula is C10H12F3N3O2. The van der Waals surface area contributed by atoms with Crippen LogP contribution in [0.1, 0.15) is 12.5 Å². The van der Waals surface area contributed by atoms with Crippen molar-refractivity contribution in [3.63, 3.8) is 0 Å². The largest absolute Gasteiger partial charge is 0.478 e. The molecule has 0 aliphatic rings. The molecule has 5 nitrogen and oxygen atoms in total. The van der Waals surface area contributed by atoms with Crippen molar-refractivity contribution in [2.24, 2.45) is 0 Å². The fourth-order valence-electron chi connectivity index (χ4n) is 1.08. The highest BCUT2D eigenvalue weighted by atomic mass is 19.4. The van der Waals surface area contributed by atoms with Crippen molar-refractivity contribution >= 4 is 11.6 Å². The van der Waals surface area contributed by atoms with Gasteiger partial charge in [-0.2, -0.15) is 13.2 Å². The first-order valence-electron chi connectivity index (χ1n) is 4.94. The number of alkyl halides is 3.